The molecule has 1 rings (SSSR count). The molecule has 2 atom stereocenters. The average molecular weight is 298 g/mol. The normalized spacial score (nSPS) is 15.0. The van der Waals surface area contributed by atoms with Crippen LogP contribution >= 0.6 is 0 Å². The van der Waals surface area contributed by atoms with Crippen LogP contribution in [-0.4, -0.2) is 34.9 Å². The number of ether oxygens (including phenoxy) is 1. The molecule has 0 aliphatic carbocycles. The Morgan fingerprint density at radius 2 is 1.90 bits per heavy atom. The molecule has 0 heterocycles. The second-order valence-corrected chi connectivity index (χ2v) is 4.83. The first-order chi connectivity index (χ1) is 9.84. The molecule has 0 aliphatic heterocycles. The lowest BCUT2D eigenvalue weighted by Crippen LogP contribution is -2.45. The van der Waals surface area contributed by atoms with Crippen LogP contribution in [0.1, 0.15) is 32.3 Å². The zero-order valence-electron chi connectivity index (χ0n) is 12.0. The van der Waals surface area contributed by atoms with Crippen LogP contribution in [0.15, 0.2) is 24.3 Å². The van der Waals surface area contributed by atoms with Crippen LogP contribution in [0.3, 0.4) is 0 Å². The largest absolute Gasteiger partial charge is 0.480 e. The topological polar surface area (TPSA) is 83.8 Å². The van der Waals surface area contributed by atoms with Crippen molar-refractivity contribution in [1.82, 2.24) is 0 Å². The fraction of sp³-hybridized carbons (Fsp3) is 0.467. The van der Waals surface area contributed by atoms with E-state index in [9.17, 15) is 24.2 Å². The predicted octanol–water partition coefficient (Wildman–Crippen LogP) is 1.87. The van der Waals surface area contributed by atoms with Crippen molar-refractivity contribution in [2.24, 2.45) is 0 Å². The van der Waals surface area contributed by atoms with Gasteiger partial charge in [-0.2, -0.15) is 0 Å². The summed E-state index contributed by atoms with van der Waals surface area (Å²) >= 11 is 0. The predicted molar refractivity (Wildman–Crippen MR) is 73.3 cm³/mol. The zero-order chi connectivity index (χ0) is 16.0. The van der Waals surface area contributed by atoms with Crippen LogP contribution in [0.4, 0.5) is 4.39 Å². The minimum absolute atomic E-state index is 0.0315. The fourth-order valence-electron chi connectivity index (χ4n) is 2.10. The molecule has 0 bridgehead atoms. The summed E-state index contributed by atoms with van der Waals surface area (Å²) in [5, 5.41) is 19.0. The Morgan fingerprint density at radius 3 is 2.33 bits per heavy atom. The first-order valence-corrected chi connectivity index (χ1v) is 6.69. The highest BCUT2D eigenvalue weighted by Gasteiger charge is 2.49. The number of aliphatic hydroxyl groups is 1. The van der Waals surface area contributed by atoms with Crippen LogP contribution in [0, 0.1) is 5.82 Å². The van der Waals surface area contributed by atoms with E-state index in [1.165, 1.54) is 19.1 Å². The van der Waals surface area contributed by atoms with Gasteiger partial charge < -0.3 is 14.9 Å². The van der Waals surface area contributed by atoms with Gasteiger partial charge in [-0.05, 0) is 44.4 Å². The highest BCUT2D eigenvalue weighted by atomic mass is 19.1. The number of carboxylic acid groups (broad SMARTS) is 1. The number of carbonyl (C=O) groups is 2. The molecule has 0 radical (unpaired) electrons. The van der Waals surface area contributed by atoms with Crippen molar-refractivity contribution >= 4 is 11.9 Å². The highest BCUT2D eigenvalue weighted by molar-refractivity contribution is 6.05. The average Bonchev–Trinajstić information content (AvgIpc) is 2.41. The molecule has 0 saturated heterocycles. The van der Waals surface area contributed by atoms with Crippen molar-refractivity contribution in [2.45, 2.75) is 38.2 Å². The second-order valence-electron chi connectivity index (χ2n) is 4.83. The van der Waals surface area contributed by atoms with Gasteiger partial charge in [0.2, 0.25) is 0 Å². The van der Waals surface area contributed by atoms with E-state index in [0.717, 1.165) is 12.1 Å². The number of esters is 1. The lowest BCUT2D eigenvalue weighted by molar-refractivity contribution is -0.162. The van der Waals surface area contributed by atoms with Crippen LogP contribution in [0.5, 0.6) is 0 Å². The van der Waals surface area contributed by atoms with E-state index in [2.05, 4.69) is 0 Å². The molecule has 0 saturated carbocycles. The third-order valence-corrected chi connectivity index (χ3v) is 3.26. The van der Waals surface area contributed by atoms with Gasteiger partial charge in [-0.3, -0.25) is 9.59 Å². The quantitative estimate of drug-likeness (QED) is 0.593. The Balaban J connectivity index is 3.32. The molecule has 2 N–H and O–H groups in total. The van der Waals surface area contributed by atoms with Crippen molar-refractivity contribution in [3.63, 3.8) is 0 Å². The zero-order valence-corrected chi connectivity index (χ0v) is 12.0. The maximum atomic E-state index is 13.0. The molecule has 1 aromatic carbocycles. The maximum absolute atomic E-state index is 13.0. The van der Waals surface area contributed by atoms with Crippen molar-refractivity contribution in [3.8, 4) is 0 Å². The maximum Gasteiger partial charge on any atom is 0.328 e. The minimum atomic E-state index is -1.94. The Hall–Kier alpha value is -1.95. The molecular formula is C15H19FO5. The first kappa shape index (κ1) is 17.1. The third kappa shape index (κ3) is 3.78. The van der Waals surface area contributed by atoms with Gasteiger partial charge >= 0.3 is 11.9 Å². The number of rotatable bonds is 7. The number of benzene rings is 1. The van der Waals surface area contributed by atoms with Gasteiger partial charge in [-0.1, -0.05) is 12.1 Å². The molecule has 21 heavy (non-hydrogen) atoms. The smallest absolute Gasteiger partial charge is 0.328 e. The van der Waals surface area contributed by atoms with Crippen molar-refractivity contribution in [3.05, 3.63) is 35.6 Å². The molecule has 0 aliphatic rings. The van der Waals surface area contributed by atoms with Gasteiger partial charge in [-0.25, -0.2) is 4.39 Å². The molecule has 5 nitrogen and oxygen atoms in total. The van der Waals surface area contributed by atoms with Gasteiger partial charge in [0.1, 0.15) is 5.82 Å². The van der Waals surface area contributed by atoms with Gasteiger partial charge in [0.15, 0.2) is 5.41 Å². The lowest BCUT2D eigenvalue weighted by Gasteiger charge is -2.28. The Kier molecular flexibility index (Phi) is 5.84. The number of aliphatic carboxylic acids is 1. The lowest BCUT2D eigenvalue weighted by atomic mass is 9.76. The van der Waals surface area contributed by atoms with E-state index in [1.807, 2.05) is 0 Å². The molecule has 1 aromatic rings. The van der Waals surface area contributed by atoms with Gasteiger partial charge in [0.05, 0.1) is 12.7 Å². The summed E-state index contributed by atoms with van der Waals surface area (Å²) in [5.41, 5.74) is -1.81. The summed E-state index contributed by atoms with van der Waals surface area (Å²) < 4.78 is 17.9. The van der Waals surface area contributed by atoms with Crippen LogP contribution in [-0.2, 0) is 19.7 Å². The SMILES string of the molecule is CCOC(=O)C(CCC(C)O)(C(=O)O)c1ccc(F)cc1. The Labute approximate surface area is 122 Å². The number of aliphatic hydroxyl groups excluding tert-OH is 1. The van der Waals surface area contributed by atoms with Crippen LogP contribution < -0.4 is 0 Å². The second kappa shape index (κ2) is 7.17. The monoisotopic (exact) mass is 298 g/mol. The van der Waals surface area contributed by atoms with E-state index in [-0.39, 0.29) is 25.0 Å². The number of carboxylic acids is 1. The molecule has 0 aromatic heterocycles. The van der Waals surface area contributed by atoms with Crippen LogP contribution in [0.2, 0.25) is 0 Å². The van der Waals surface area contributed by atoms with Crippen LogP contribution in [0.25, 0.3) is 0 Å². The minimum Gasteiger partial charge on any atom is -0.480 e. The third-order valence-electron chi connectivity index (χ3n) is 3.26. The highest BCUT2D eigenvalue weighted by Crippen LogP contribution is 2.32. The van der Waals surface area contributed by atoms with E-state index in [1.54, 1.807) is 6.92 Å². The molecule has 2 unspecified atom stereocenters. The van der Waals surface area contributed by atoms with Crippen molar-refractivity contribution in [2.75, 3.05) is 6.61 Å². The first-order valence-electron chi connectivity index (χ1n) is 6.69. The summed E-state index contributed by atoms with van der Waals surface area (Å²) in [5.74, 6) is -2.82. The van der Waals surface area contributed by atoms with E-state index in [4.69, 9.17) is 4.74 Å². The summed E-state index contributed by atoms with van der Waals surface area (Å²) in [6.07, 6.45) is -0.800. The van der Waals surface area contributed by atoms with E-state index < -0.39 is 29.3 Å². The molecule has 116 valence electrons. The Morgan fingerprint density at radius 1 is 1.33 bits per heavy atom. The standard InChI is InChI=1S/C15H19FO5/c1-3-21-14(20)15(13(18)19,9-8-10(2)17)11-4-6-12(16)7-5-11/h4-7,10,17H,3,8-9H2,1-2H3,(H,18,19). The summed E-state index contributed by atoms with van der Waals surface area (Å²) in [7, 11) is 0. The molecule has 0 spiro atoms. The summed E-state index contributed by atoms with van der Waals surface area (Å²) in [6.45, 7) is 3.11. The van der Waals surface area contributed by atoms with Crippen molar-refractivity contribution in [1.29, 1.82) is 0 Å². The molecular weight excluding hydrogens is 279 g/mol. The van der Waals surface area contributed by atoms with E-state index in [0.29, 0.717) is 0 Å². The summed E-state index contributed by atoms with van der Waals surface area (Å²) in [6, 6.07) is 4.69. The Bertz CT molecular complexity index is 497. The van der Waals surface area contributed by atoms with Gasteiger partial charge in [0.25, 0.3) is 0 Å². The number of hydrogen-bond acceptors (Lipinski definition) is 4. The number of halogens is 1. The fourth-order valence-corrected chi connectivity index (χ4v) is 2.10. The van der Waals surface area contributed by atoms with Gasteiger partial charge in [-0.15, -0.1) is 0 Å². The molecule has 0 amide bonds. The van der Waals surface area contributed by atoms with Crippen molar-refractivity contribution < 1.29 is 28.9 Å². The van der Waals surface area contributed by atoms with E-state index >= 15 is 0 Å². The summed E-state index contributed by atoms with van der Waals surface area (Å²) in [4.78, 5) is 24.0. The van der Waals surface area contributed by atoms with Gasteiger partial charge in [0, 0.05) is 0 Å². The molecule has 0 fully saturated rings. The number of hydrogen-bond donors (Lipinski definition) is 2. The number of carbonyl (C=O) groups excluding carboxylic acids is 1. The molecule has 6 heteroatoms.